The molecule has 0 bridgehead atoms. The van der Waals surface area contributed by atoms with Crippen molar-refractivity contribution in [2.24, 2.45) is 11.8 Å². The van der Waals surface area contributed by atoms with Crippen LogP contribution in [0.25, 0.3) is 0 Å². The Bertz CT molecular complexity index is 476. The van der Waals surface area contributed by atoms with Crippen molar-refractivity contribution in [3.63, 3.8) is 0 Å². The van der Waals surface area contributed by atoms with Gasteiger partial charge in [-0.3, -0.25) is 0 Å². The van der Waals surface area contributed by atoms with E-state index in [1.807, 2.05) is 29.3 Å². The van der Waals surface area contributed by atoms with Crippen molar-refractivity contribution in [3.8, 4) is 0 Å². The average molecular weight is 309 g/mol. The van der Waals surface area contributed by atoms with Crippen molar-refractivity contribution in [3.05, 3.63) is 22.4 Å². The van der Waals surface area contributed by atoms with Crippen LogP contribution in [0.3, 0.4) is 0 Å². The third kappa shape index (κ3) is 2.94. The summed E-state index contributed by atoms with van der Waals surface area (Å²) in [5.74, 6) is 1.12. The summed E-state index contributed by atoms with van der Waals surface area (Å²) in [6.45, 7) is 3.04. The first-order valence-electron chi connectivity index (χ1n) is 7.85. The molecule has 1 aliphatic carbocycles. The van der Waals surface area contributed by atoms with E-state index in [-0.39, 0.29) is 12.1 Å². The molecule has 0 aromatic carbocycles. The minimum absolute atomic E-state index is 0.119. The Hall–Kier alpha value is -1.07. The molecule has 5 heteroatoms. The molecule has 4 nitrogen and oxygen atoms in total. The normalized spacial score (nSPS) is 29.4. The quantitative estimate of drug-likeness (QED) is 0.927. The van der Waals surface area contributed by atoms with Gasteiger partial charge in [-0.2, -0.15) is 0 Å². The van der Waals surface area contributed by atoms with Crippen LogP contribution in [0.15, 0.2) is 17.5 Å². The second kappa shape index (κ2) is 6.36. The minimum Gasteiger partial charge on any atom is -0.450 e. The van der Waals surface area contributed by atoms with Crippen LogP contribution >= 0.6 is 11.3 Å². The first-order valence-corrected chi connectivity index (χ1v) is 8.73. The van der Waals surface area contributed by atoms with Gasteiger partial charge in [-0.15, -0.1) is 11.3 Å². The first-order chi connectivity index (χ1) is 10.2. The summed E-state index contributed by atoms with van der Waals surface area (Å²) in [6, 6.07) is 4.04. The van der Waals surface area contributed by atoms with Gasteiger partial charge in [0, 0.05) is 17.5 Å². The number of hydrogen-bond donors (Lipinski definition) is 1. The summed E-state index contributed by atoms with van der Waals surface area (Å²) in [4.78, 5) is 15.0. The van der Waals surface area contributed by atoms with E-state index >= 15 is 0 Å². The van der Waals surface area contributed by atoms with Gasteiger partial charge in [0.15, 0.2) is 0 Å². The predicted molar refractivity (Wildman–Crippen MR) is 82.2 cm³/mol. The van der Waals surface area contributed by atoms with Crippen molar-refractivity contribution < 1.29 is 14.6 Å². The summed E-state index contributed by atoms with van der Waals surface area (Å²) in [5, 5.41) is 12.4. The fourth-order valence-electron chi connectivity index (χ4n) is 3.96. The molecule has 116 valence electrons. The smallest absolute Gasteiger partial charge is 0.410 e. The molecular formula is C16H23NO3S. The lowest BCUT2D eigenvalue weighted by atomic mass is 9.90. The number of carbonyl (C=O) groups excluding carboxylic acids is 1. The molecule has 0 spiro atoms. The predicted octanol–water partition coefficient (Wildman–Crippen LogP) is 3.43. The lowest BCUT2D eigenvalue weighted by Gasteiger charge is -2.28. The average Bonchev–Trinajstić information content (AvgIpc) is 3.16. The van der Waals surface area contributed by atoms with Crippen molar-refractivity contribution in [1.82, 2.24) is 4.90 Å². The van der Waals surface area contributed by atoms with Crippen LogP contribution in [0.4, 0.5) is 4.79 Å². The molecule has 1 saturated heterocycles. The molecule has 1 aliphatic heterocycles. The first kappa shape index (κ1) is 14.9. The number of fused-ring (bicyclic) bond motifs is 1. The molecule has 4 atom stereocenters. The number of carbonyl (C=O) groups is 1. The highest BCUT2D eigenvalue weighted by Gasteiger charge is 2.47. The minimum atomic E-state index is -0.480. The lowest BCUT2D eigenvalue weighted by Crippen LogP contribution is -2.39. The van der Waals surface area contributed by atoms with Crippen LogP contribution in [-0.4, -0.2) is 35.3 Å². The molecule has 0 radical (unpaired) electrons. The number of rotatable bonds is 4. The van der Waals surface area contributed by atoms with Crippen LogP contribution in [0, 0.1) is 11.8 Å². The Balaban J connectivity index is 1.73. The van der Waals surface area contributed by atoms with E-state index in [2.05, 4.69) is 0 Å². The number of ether oxygens (including phenoxy) is 1. The maximum atomic E-state index is 12.2. The van der Waals surface area contributed by atoms with Gasteiger partial charge >= 0.3 is 6.09 Å². The highest BCUT2D eigenvalue weighted by atomic mass is 32.1. The topological polar surface area (TPSA) is 49.8 Å². The fraction of sp³-hybridized carbons (Fsp3) is 0.688. The Morgan fingerprint density at radius 3 is 3.14 bits per heavy atom. The van der Waals surface area contributed by atoms with Crippen LogP contribution in [0.5, 0.6) is 0 Å². The number of likely N-dealkylation sites (tertiary alicyclic amines) is 1. The van der Waals surface area contributed by atoms with E-state index in [9.17, 15) is 9.90 Å². The zero-order valence-corrected chi connectivity index (χ0v) is 13.2. The number of aliphatic hydroxyl groups is 1. The molecule has 1 aromatic heterocycles. The number of thiophene rings is 1. The molecule has 21 heavy (non-hydrogen) atoms. The van der Waals surface area contributed by atoms with Gasteiger partial charge in [0.2, 0.25) is 0 Å². The van der Waals surface area contributed by atoms with Crippen molar-refractivity contribution in [1.29, 1.82) is 0 Å². The molecule has 1 aromatic rings. The Morgan fingerprint density at radius 2 is 2.43 bits per heavy atom. The number of amides is 1. The van der Waals surface area contributed by atoms with Gasteiger partial charge in [-0.25, -0.2) is 4.79 Å². The van der Waals surface area contributed by atoms with Crippen molar-refractivity contribution in [2.75, 3.05) is 13.2 Å². The lowest BCUT2D eigenvalue weighted by molar-refractivity contribution is 0.0762. The summed E-state index contributed by atoms with van der Waals surface area (Å²) in [7, 11) is 0. The third-order valence-corrected chi connectivity index (χ3v) is 5.86. The SMILES string of the molecule is CCOC(=O)N1CC2CCCC2C1CC(O)c1cccs1. The summed E-state index contributed by atoms with van der Waals surface area (Å²) in [6.07, 6.45) is 3.55. The summed E-state index contributed by atoms with van der Waals surface area (Å²) < 4.78 is 5.20. The third-order valence-electron chi connectivity index (χ3n) is 4.88. The monoisotopic (exact) mass is 309 g/mol. The van der Waals surface area contributed by atoms with E-state index in [0.717, 1.165) is 11.4 Å². The van der Waals surface area contributed by atoms with Crippen LogP contribution < -0.4 is 0 Å². The summed E-state index contributed by atoms with van der Waals surface area (Å²) in [5.41, 5.74) is 0. The van der Waals surface area contributed by atoms with E-state index in [4.69, 9.17) is 4.74 Å². The molecule has 1 N–H and O–H groups in total. The van der Waals surface area contributed by atoms with Gasteiger partial charge in [0.1, 0.15) is 0 Å². The Labute approximate surface area is 129 Å². The molecule has 2 heterocycles. The molecule has 1 saturated carbocycles. The second-order valence-electron chi connectivity index (χ2n) is 6.04. The fourth-order valence-corrected chi connectivity index (χ4v) is 4.69. The second-order valence-corrected chi connectivity index (χ2v) is 7.02. The van der Waals surface area contributed by atoms with Gasteiger partial charge in [0.05, 0.1) is 12.7 Å². The van der Waals surface area contributed by atoms with E-state index < -0.39 is 6.10 Å². The molecule has 3 rings (SSSR count). The van der Waals surface area contributed by atoms with Crippen LogP contribution in [0.2, 0.25) is 0 Å². The number of hydrogen-bond acceptors (Lipinski definition) is 4. The number of nitrogens with zero attached hydrogens (tertiary/aromatic N) is 1. The highest BCUT2D eigenvalue weighted by Crippen LogP contribution is 2.45. The molecule has 2 aliphatic rings. The maximum absolute atomic E-state index is 12.2. The van der Waals surface area contributed by atoms with Crippen molar-refractivity contribution >= 4 is 17.4 Å². The van der Waals surface area contributed by atoms with Gasteiger partial charge in [-0.1, -0.05) is 12.5 Å². The largest absolute Gasteiger partial charge is 0.450 e. The van der Waals surface area contributed by atoms with Crippen LogP contribution in [-0.2, 0) is 4.74 Å². The standard InChI is InChI=1S/C16H23NO3S/c1-2-20-16(19)17-10-11-5-3-6-12(11)13(17)9-14(18)15-7-4-8-21-15/h4,7-8,11-14,18H,2-3,5-6,9-10H2,1H3. The molecule has 1 amide bonds. The Morgan fingerprint density at radius 1 is 1.57 bits per heavy atom. The zero-order chi connectivity index (χ0) is 14.8. The molecule has 2 fully saturated rings. The van der Waals surface area contributed by atoms with E-state index in [0.29, 0.717) is 24.9 Å². The van der Waals surface area contributed by atoms with Gasteiger partial charge in [-0.05, 0) is 49.5 Å². The Kier molecular flexibility index (Phi) is 4.50. The molecular weight excluding hydrogens is 286 g/mol. The van der Waals surface area contributed by atoms with E-state index in [1.165, 1.54) is 19.3 Å². The zero-order valence-electron chi connectivity index (χ0n) is 12.4. The van der Waals surface area contributed by atoms with Gasteiger partial charge in [0.25, 0.3) is 0 Å². The number of aliphatic hydroxyl groups excluding tert-OH is 1. The van der Waals surface area contributed by atoms with Gasteiger partial charge < -0.3 is 14.7 Å². The highest BCUT2D eigenvalue weighted by molar-refractivity contribution is 7.10. The van der Waals surface area contributed by atoms with Crippen molar-refractivity contribution in [2.45, 2.75) is 44.8 Å². The maximum Gasteiger partial charge on any atom is 0.410 e. The van der Waals surface area contributed by atoms with Crippen LogP contribution in [0.1, 0.15) is 43.6 Å². The van der Waals surface area contributed by atoms with E-state index in [1.54, 1.807) is 11.3 Å². The summed E-state index contributed by atoms with van der Waals surface area (Å²) >= 11 is 1.57. The molecule has 4 unspecified atom stereocenters.